The number of nitrogens with one attached hydrogen (secondary N) is 2. The maximum absolute atomic E-state index is 13.7. The molecule has 0 bridgehead atoms. The number of aliphatic carboxylic acids is 1. The second-order valence-electron chi connectivity index (χ2n) is 4.52. The summed E-state index contributed by atoms with van der Waals surface area (Å²) in [6, 6.07) is 3.29. The Labute approximate surface area is 135 Å². The molecule has 3 N–H and O–H groups in total. The second kappa shape index (κ2) is 7.95. The van der Waals surface area contributed by atoms with Gasteiger partial charge in [0.05, 0.1) is 6.42 Å². The maximum Gasteiger partial charge on any atom is 0.305 e. The third kappa shape index (κ3) is 5.87. The average molecular weight is 351 g/mol. The fourth-order valence-electron chi connectivity index (χ4n) is 1.58. The zero-order chi connectivity index (χ0) is 16.9. The lowest BCUT2D eigenvalue weighted by atomic mass is 10.2. The largest absolute Gasteiger partial charge is 0.481 e. The SMILES string of the molecule is CC(CC(=O)O)NC(=O)C(F)C(=O)Nc1cc(Cl)cc(Cl)c1. The van der Waals surface area contributed by atoms with Gasteiger partial charge in [-0.15, -0.1) is 0 Å². The maximum atomic E-state index is 13.7. The van der Waals surface area contributed by atoms with E-state index in [1.165, 1.54) is 25.1 Å². The summed E-state index contributed by atoms with van der Waals surface area (Å²) in [6.45, 7) is 1.38. The molecule has 2 atom stereocenters. The summed E-state index contributed by atoms with van der Waals surface area (Å²) >= 11 is 11.5. The van der Waals surface area contributed by atoms with Crippen LogP contribution in [0.2, 0.25) is 10.0 Å². The first-order valence-corrected chi connectivity index (χ1v) is 6.88. The molecule has 0 spiro atoms. The first kappa shape index (κ1) is 18.2. The van der Waals surface area contributed by atoms with Crippen molar-refractivity contribution in [1.82, 2.24) is 5.32 Å². The molecule has 1 rings (SSSR count). The monoisotopic (exact) mass is 350 g/mol. The van der Waals surface area contributed by atoms with Crippen molar-refractivity contribution in [3.63, 3.8) is 0 Å². The Kier molecular flexibility index (Phi) is 6.58. The van der Waals surface area contributed by atoms with Gasteiger partial charge in [0.1, 0.15) is 0 Å². The molecule has 0 aliphatic rings. The van der Waals surface area contributed by atoms with Gasteiger partial charge in [-0.05, 0) is 25.1 Å². The Balaban J connectivity index is 2.64. The van der Waals surface area contributed by atoms with Crippen molar-refractivity contribution >= 4 is 46.7 Å². The minimum atomic E-state index is -2.49. The lowest BCUT2D eigenvalue weighted by Crippen LogP contribution is -2.44. The van der Waals surface area contributed by atoms with Gasteiger partial charge >= 0.3 is 5.97 Å². The van der Waals surface area contributed by atoms with Crippen LogP contribution in [0.4, 0.5) is 10.1 Å². The van der Waals surface area contributed by atoms with Crippen LogP contribution in [0, 0.1) is 0 Å². The number of amides is 2. The van der Waals surface area contributed by atoms with Crippen molar-refractivity contribution in [2.75, 3.05) is 5.32 Å². The lowest BCUT2D eigenvalue weighted by molar-refractivity contribution is -0.137. The molecule has 6 nitrogen and oxygen atoms in total. The molecule has 9 heteroatoms. The molecule has 2 amide bonds. The molecule has 0 aliphatic heterocycles. The first-order chi connectivity index (χ1) is 10.2. The molecule has 0 saturated carbocycles. The number of carbonyl (C=O) groups excluding carboxylic acids is 2. The highest BCUT2D eigenvalue weighted by atomic mass is 35.5. The topological polar surface area (TPSA) is 95.5 Å². The van der Waals surface area contributed by atoms with Crippen LogP contribution in [0.3, 0.4) is 0 Å². The van der Waals surface area contributed by atoms with Gasteiger partial charge in [0, 0.05) is 21.8 Å². The number of rotatable bonds is 6. The minimum absolute atomic E-state index is 0.136. The Hall–Kier alpha value is -1.86. The second-order valence-corrected chi connectivity index (χ2v) is 5.39. The summed E-state index contributed by atoms with van der Waals surface area (Å²) < 4.78 is 13.7. The average Bonchev–Trinajstić information content (AvgIpc) is 2.35. The Morgan fingerprint density at radius 2 is 1.73 bits per heavy atom. The number of carboxylic acid groups (broad SMARTS) is 1. The molecule has 0 saturated heterocycles. The van der Waals surface area contributed by atoms with Crippen LogP contribution in [0.25, 0.3) is 0 Å². The lowest BCUT2D eigenvalue weighted by Gasteiger charge is -2.14. The normalized spacial score (nSPS) is 13.1. The Morgan fingerprint density at radius 3 is 2.23 bits per heavy atom. The number of alkyl halides is 1. The van der Waals surface area contributed by atoms with Crippen LogP contribution < -0.4 is 10.6 Å². The smallest absolute Gasteiger partial charge is 0.305 e. The van der Waals surface area contributed by atoms with Crippen molar-refractivity contribution in [1.29, 1.82) is 0 Å². The molecule has 0 fully saturated rings. The van der Waals surface area contributed by atoms with Crippen molar-refractivity contribution in [2.24, 2.45) is 0 Å². The van der Waals surface area contributed by atoms with Crippen LogP contribution in [0.1, 0.15) is 13.3 Å². The molecule has 0 aromatic heterocycles. The van der Waals surface area contributed by atoms with Gasteiger partial charge in [-0.3, -0.25) is 14.4 Å². The van der Waals surface area contributed by atoms with Crippen molar-refractivity contribution < 1.29 is 23.9 Å². The summed E-state index contributed by atoms with van der Waals surface area (Å²) in [6.07, 6.45) is -2.88. The minimum Gasteiger partial charge on any atom is -0.481 e. The predicted molar refractivity (Wildman–Crippen MR) is 79.8 cm³/mol. The number of halogens is 3. The molecule has 0 aliphatic carbocycles. The number of hydrogen-bond donors (Lipinski definition) is 3. The van der Waals surface area contributed by atoms with Gasteiger partial charge in [0.2, 0.25) is 0 Å². The van der Waals surface area contributed by atoms with Crippen LogP contribution in [0.15, 0.2) is 18.2 Å². The van der Waals surface area contributed by atoms with Crippen LogP contribution in [-0.2, 0) is 14.4 Å². The van der Waals surface area contributed by atoms with E-state index in [0.29, 0.717) is 0 Å². The zero-order valence-electron chi connectivity index (χ0n) is 11.4. The molecule has 0 radical (unpaired) electrons. The first-order valence-electron chi connectivity index (χ1n) is 6.12. The summed E-state index contributed by atoms with van der Waals surface area (Å²) in [7, 11) is 0. The molecule has 120 valence electrons. The van der Waals surface area contributed by atoms with E-state index < -0.39 is 30.0 Å². The molecular formula is C13H13Cl2FN2O4. The number of anilines is 1. The van der Waals surface area contributed by atoms with Gasteiger partial charge < -0.3 is 15.7 Å². The number of carboxylic acids is 1. The van der Waals surface area contributed by atoms with E-state index in [-0.39, 0.29) is 22.2 Å². The summed E-state index contributed by atoms with van der Waals surface area (Å²) in [5, 5.41) is 13.3. The zero-order valence-corrected chi connectivity index (χ0v) is 12.9. The van der Waals surface area contributed by atoms with Gasteiger partial charge in [0.25, 0.3) is 18.0 Å². The van der Waals surface area contributed by atoms with Gasteiger partial charge in [-0.25, -0.2) is 4.39 Å². The van der Waals surface area contributed by atoms with E-state index in [2.05, 4.69) is 10.6 Å². The summed E-state index contributed by atoms with van der Waals surface area (Å²) in [4.78, 5) is 33.6. The van der Waals surface area contributed by atoms with E-state index in [0.717, 1.165) is 0 Å². The highest BCUT2D eigenvalue weighted by Gasteiger charge is 2.27. The van der Waals surface area contributed by atoms with Gasteiger partial charge in [-0.1, -0.05) is 23.2 Å². The molecular weight excluding hydrogens is 338 g/mol. The molecule has 0 heterocycles. The van der Waals surface area contributed by atoms with Crippen molar-refractivity contribution in [3.8, 4) is 0 Å². The van der Waals surface area contributed by atoms with Crippen molar-refractivity contribution in [2.45, 2.75) is 25.6 Å². The molecule has 2 unspecified atom stereocenters. The Bertz CT molecular complexity index is 577. The van der Waals surface area contributed by atoms with E-state index in [9.17, 15) is 18.8 Å². The van der Waals surface area contributed by atoms with E-state index in [1.54, 1.807) is 0 Å². The summed E-state index contributed by atoms with van der Waals surface area (Å²) in [5.41, 5.74) is 0.136. The van der Waals surface area contributed by atoms with E-state index in [4.69, 9.17) is 28.3 Å². The standard InChI is InChI=1S/C13H13Cl2FN2O4/c1-6(2-10(19)20)17-12(21)11(16)13(22)18-9-4-7(14)3-8(15)5-9/h3-6,11H,2H2,1H3,(H,17,21)(H,18,22)(H,19,20). The van der Waals surface area contributed by atoms with Crippen LogP contribution in [0.5, 0.6) is 0 Å². The molecule has 1 aromatic rings. The summed E-state index contributed by atoms with van der Waals surface area (Å²) in [5.74, 6) is -3.58. The Morgan fingerprint density at radius 1 is 1.18 bits per heavy atom. The third-order valence-electron chi connectivity index (χ3n) is 2.46. The molecule has 1 aromatic carbocycles. The highest BCUT2D eigenvalue weighted by Crippen LogP contribution is 2.22. The fourth-order valence-corrected chi connectivity index (χ4v) is 2.11. The highest BCUT2D eigenvalue weighted by molar-refractivity contribution is 6.35. The number of carbonyl (C=O) groups is 3. The van der Waals surface area contributed by atoms with E-state index in [1.807, 2.05) is 0 Å². The van der Waals surface area contributed by atoms with Crippen LogP contribution in [-0.4, -0.2) is 35.1 Å². The quantitative estimate of drug-likeness (QED) is 0.685. The van der Waals surface area contributed by atoms with Gasteiger partial charge in [0.15, 0.2) is 0 Å². The van der Waals surface area contributed by atoms with E-state index >= 15 is 0 Å². The third-order valence-corrected chi connectivity index (χ3v) is 2.90. The fraction of sp³-hybridized carbons (Fsp3) is 0.308. The van der Waals surface area contributed by atoms with Crippen LogP contribution >= 0.6 is 23.2 Å². The predicted octanol–water partition coefficient (Wildman–Crippen LogP) is 2.25. The number of benzene rings is 1. The van der Waals surface area contributed by atoms with Gasteiger partial charge in [-0.2, -0.15) is 0 Å². The number of hydrogen-bond acceptors (Lipinski definition) is 3. The van der Waals surface area contributed by atoms with Crippen molar-refractivity contribution in [3.05, 3.63) is 28.2 Å². The molecule has 22 heavy (non-hydrogen) atoms.